The van der Waals surface area contributed by atoms with Gasteiger partial charge in [0.25, 0.3) is 0 Å². The fourth-order valence-corrected chi connectivity index (χ4v) is 3.30. The molecule has 0 spiro atoms. The van der Waals surface area contributed by atoms with Gasteiger partial charge in [-0.2, -0.15) is 0 Å². The third-order valence-corrected chi connectivity index (χ3v) is 4.79. The highest BCUT2D eigenvalue weighted by Crippen LogP contribution is 2.22. The van der Waals surface area contributed by atoms with E-state index in [-0.39, 0.29) is 0 Å². The molecule has 0 aliphatic carbocycles. The SMILES string of the molecule is CC[C@@H](O)C(=Cc1ccccc1)[S@@](=O)c1ccc(C)cc1. The molecule has 0 amide bonds. The monoisotopic (exact) mass is 300 g/mol. The summed E-state index contributed by atoms with van der Waals surface area (Å²) in [6.45, 7) is 3.88. The van der Waals surface area contributed by atoms with Gasteiger partial charge >= 0.3 is 0 Å². The molecule has 1 N–H and O–H groups in total. The average molecular weight is 300 g/mol. The second-order valence-corrected chi connectivity index (χ2v) is 6.44. The van der Waals surface area contributed by atoms with Gasteiger partial charge in [0, 0.05) is 4.90 Å². The molecule has 2 nitrogen and oxygen atoms in total. The minimum absolute atomic E-state index is 0.538. The third-order valence-electron chi connectivity index (χ3n) is 3.27. The van der Waals surface area contributed by atoms with Crippen LogP contribution in [0, 0.1) is 6.92 Å². The van der Waals surface area contributed by atoms with E-state index in [0.717, 1.165) is 16.0 Å². The molecule has 21 heavy (non-hydrogen) atoms. The van der Waals surface area contributed by atoms with Gasteiger partial charge in [0.1, 0.15) is 0 Å². The van der Waals surface area contributed by atoms with Crippen molar-refractivity contribution in [3.8, 4) is 0 Å². The smallest absolute Gasteiger partial charge is 0.0874 e. The number of aliphatic hydroxyl groups excluding tert-OH is 1. The van der Waals surface area contributed by atoms with Gasteiger partial charge in [0.2, 0.25) is 0 Å². The minimum Gasteiger partial charge on any atom is -0.388 e. The van der Waals surface area contributed by atoms with Crippen molar-refractivity contribution in [1.82, 2.24) is 0 Å². The lowest BCUT2D eigenvalue weighted by Crippen LogP contribution is -2.13. The number of hydrogen-bond acceptors (Lipinski definition) is 2. The van der Waals surface area contributed by atoms with Crippen LogP contribution < -0.4 is 0 Å². The van der Waals surface area contributed by atoms with Crippen LogP contribution in [0.25, 0.3) is 6.08 Å². The fraction of sp³-hybridized carbons (Fsp3) is 0.222. The summed E-state index contributed by atoms with van der Waals surface area (Å²) in [6.07, 6.45) is 1.66. The van der Waals surface area contributed by atoms with Gasteiger partial charge < -0.3 is 5.11 Å². The predicted octanol–water partition coefficient (Wildman–Crippen LogP) is 3.91. The van der Waals surface area contributed by atoms with Crippen LogP contribution in [-0.4, -0.2) is 15.4 Å². The molecule has 0 aliphatic heterocycles. The summed E-state index contributed by atoms with van der Waals surface area (Å²) >= 11 is 0. The molecule has 2 aromatic carbocycles. The van der Waals surface area contributed by atoms with Gasteiger partial charge in [-0.1, -0.05) is 55.0 Å². The molecule has 110 valence electrons. The Morgan fingerprint density at radius 1 is 1.14 bits per heavy atom. The van der Waals surface area contributed by atoms with Crippen LogP contribution in [0.3, 0.4) is 0 Å². The highest BCUT2D eigenvalue weighted by atomic mass is 32.2. The van der Waals surface area contributed by atoms with Gasteiger partial charge in [-0.15, -0.1) is 0 Å². The van der Waals surface area contributed by atoms with Crippen LogP contribution >= 0.6 is 0 Å². The van der Waals surface area contributed by atoms with E-state index in [4.69, 9.17) is 0 Å². The highest BCUT2D eigenvalue weighted by Gasteiger charge is 2.17. The number of hydrogen-bond donors (Lipinski definition) is 1. The van der Waals surface area contributed by atoms with Crippen molar-refractivity contribution >= 4 is 16.9 Å². The van der Waals surface area contributed by atoms with Crippen LogP contribution in [0.2, 0.25) is 0 Å². The summed E-state index contributed by atoms with van der Waals surface area (Å²) in [5.41, 5.74) is 2.07. The normalized spacial score (nSPS) is 14.7. The maximum absolute atomic E-state index is 12.7. The van der Waals surface area contributed by atoms with Crippen LogP contribution in [0.15, 0.2) is 64.4 Å². The van der Waals surface area contributed by atoms with Gasteiger partial charge in [0.05, 0.1) is 21.8 Å². The molecule has 0 bridgehead atoms. The van der Waals surface area contributed by atoms with E-state index in [2.05, 4.69) is 0 Å². The standard InChI is InChI=1S/C18H20O2S/c1-3-17(19)18(13-15-7-5-4-6-8-15)21(20)16-11-9-14(2)10-12-16/h4-13,17,19H,3H2,1-2H3/t17-,21+/m1/s1. The van der Waals surface area contributed by atoms with Gasteiger partial charge in [0.15, 0.2) is 0 Å². The lowest BCUT2D eigenvalue weighted by Gasteiger charge is -2.13. The molecule has 0 saturated heterocycles. The maximum atomic E-state index is 12.7. The summed E-state index contributed by atoms with van der Waals surface area (Å²) in [6, 6.07) is 17.2. The van der Waals surface area contributed by atoms with Crippen LogP contribution in [0.1, 0.15) is 24.5 Å². The van der Waals surface area contributed by atoms with E-state index in [1.165, 1.54) is 0 Å². The first kappa shape index (κ1) is 15.7. The number of aliphatic hydroxyl groups is 1. The topological polar surface area (TPSA) is 37.3 Å². The van der Waals surface area contributed by atoms with Crippen LogP contribution in [0.5, 0.6) is 0 Å². The van der Waals surface area contributed by atoms with Gasteiger partial charge in [-0.05, 0) is 37.1 Å². The molecule has 2 atom stereocenters. The quantitative estimate of drug-likeness (QED) is 0.909. The maximum Gasteiger partial charge on any atom is 0.0874 e. The Labute approximate surface area is 128 Å². The Hall–Kier alpha value is -1.71. The third kappa shape index (κ3) is 4.13. The Balaban J connectivity index is 2.39. The largest absolute Gasteiger partial charge is 0.388 e. The van der Waals surface area contributed by atoms with Crippen molar-refractivity contribution < 1.29 is 9.32 Å². The van der Waals surface area contributed by atoms with Crippen molar-refractivity contribution in [3.05, 3.63) is 70.6 Å². The van der Waals surface area contributed by atoms with E-state index in [1.54, 1.807) is 0 Å². The molecule has 3 heteroatoms. The fourth-order valence-electron chi connectivity index (χ4n) is 1.99. The number of benzene rings is 2. The molecule has 0 aromatic heterocycles. The van der Waals surface area contributed by atoms with E-state index in [1.807, 2.05) is 74.5 Å². The summed E-state index contributed by atoms with van der Waals surface area (Å²) in [5, 5.41) is 10.2. The molecular weight excluding hydrogens is 280 g/mol. The lowest BCUT2D eigenvalue weighted by molar-refractivity contribution is 0.215. The Bertz CT molecular complexity index is 630. The van der Waals surface area contributed by atoms with Gasteiger partial charge in [-0.25, -0.2) is 4.21 Å². The molecule has 0 unspecified atom stereocenters. The Kier molecular flexibility index (Phi) is 5.48. The highest BCUT2D eigenvalue weighted by molar-refractivity contribution is 7.89. The van der Waals surface area contributed by atoms with Crippen molar-refractivity contribution in [1.29, 1.82) is 0 Å². The second kappa shape index (κ2) is 7.34. The number of aryl methyl sites for hydroxylation is 1. The molecule has 2 rings (SSSR count). The lowest BCUT2D eigenvalue weighted by atomic mass is 10.1. The van der Waals surface area contributed by atoms with E-state index in [9.17, 15) is 9.32 Å². The Morgan fingerprint density at radius 2 is 1.76 bits per heavy atom. The first-order chi connectivity index (χ1) is 10.1. The van der Waals surface area contributed by atoms with Crippen molar-refractivity contribution in [2.24, 2.45) is 0 Å². The minimum atomic E-state index is -1.35. The zero-order chi connectivity index (χ0) is 15.2. The van der Waals surface area contributed by atoms with Crippen molar-refractivity contribution in [2.45, 2.75) is 31.3 Å². The average Bonchev–Trinajstić information content (AvgIpc) is 2.53. The van der Waals surface area contributed by atoms with E-state index in [0.29, 0.717) is 11.3 Å². The summed E-state index contributed by atoms with van der Waals surface area (Å²) in [5.74, 6) is 0. The molecule has 2 aromatic rings. The molecular formula is C18H20O2S. The van der Waals surface area contributed by atoms with Crippen LogP contribution in [-0.2, 0) is 10.8 Å². The summed E-state index contributed by atoms with van der Waals surface area (Å²) in [7, 11) is -1.35. The molecule has 0 heterocycles. The first-order valence-electron chi connectivity index (χ1n) is 7.05. The van der Waals surface area contributed by atoms with Crippen molar-refractivity contribution in [3.63, 3.8) is 0 Å². The van der Waals surface area contributed by atoms with E-state index < -0.39 is 16.9 Å². The predicted molar refractivity (Wildman–Crippen MR) is 88.3 cm³/mol. The number of rotatable bonds is 5. The van der Waals surface area contributed by atoms with Crippen LogP contribution in [0.4, 0.5) is 0 Å². The summed E-state index contributed by atoms with van der Waals surface area (Å²) < 4.78 is 12.7. The van der Waals surface area contributed by atoms with Crippen molar-refractivity contribution in [2.75, 3.05) is 0 Å². The zero-order valence-electron chi connectivity index (χ0n) is 12.3. The summed E-state index contributed by atoms with van der Waals surface area (Å²) in [4.78, 5) is 1.27. The second-order valence-electron chi connectivity index (χ2n) is 4.96. The van der Waals surface area contributed by atoms with Gasteiger partial charge in [-0.3, -0.25) is 0 Å². The molecule has 0 saturated carbocycles. The molecule has 0 radical (unpaired) electrons. The molecule has 0 aliphatic rings. The van der Waals surface area contributed by atoms with E-state index >= 15 is 0 Å². The molecule has 0 fully saturated rings. The Morgan fingerprint density at radius 3 is 2.33 bits per heavy atom. The first-order valence-corrected chi connectivity index (χ1v) is 8.20. The zero-order valence-corrected chi connectivity index (χ0v) is 13.1.